The second-order valence-electron chi connectivity index (χ2n) is 10.3. The number of aliphatic hydroxyl groups is 1. The van der Waals surface area contributed by atoms with Gasteiger partial charge in [-0.25, -0.2) is 12.7 Å². The van der Waals surface area contributed by atoms with E-state index in [0.717, 1.165) is 10.6 Å². The quantitative estimate of drug-likeness (QED) is 0.371. The highest BCUT2D eigenvalue weighted by Gasteiger charge is 2.51. The number of sulfonamides is 1. The number of rotatable bonds is 8. The van der Waals surface area contributed by atoms with Crippen LogP contribution in [0.15, 0.2) is 71.7 Å². The fraction of sp³-hybridized carbons (Fsp3) is 0.321. The highest BCUT2D eigenvalue weighted by molar-refractivity contribution is 7.88. The number of amides is 2. The lowest BCUT2D eigenvalue weighted by atomic mass is 9.94. The Kier molecular flexibility index (Phi) is 8.50. The van der Waals surface area contributed by atoms with Gasteiger partial charge >= 0.3 is 0 Å². The zero-order valence-electron chi connectivity index (χ0n) is 22.3. The summed E-state index contributed by atoms with van der Waals surface area (Å²) < 4.78 is 26.5. The summed E-state index contributed by atoms with van der Waals surface area (Å²) in [6.45, 7) is 1.52. The molecule has 1 aliphatic rings. The van der Waals surface area contributed by atoms with Gasteiger partial charge in [0.2, 0.25) is 21.8 Å². The smallest absolute Gasteiger partial charge is 0.255 e. The Balaban J connectivity index is 1.58. The Labute approximate surface area is 237 Å². The van der Waals surface area contributed by atoms with Gasteiger partial charge in [-0.1, -0.05) is 17.7 Å². The Morgan fingerprint density at radius 3 is 2.25 bits per heavy atom. The Hall–Kier alpha value is -3.51. The van der Waals surface area contributed by atoms with Crippen LogP contribution in [0.2, 0.25) is 5.02 Å². The number of halogens is 1. The van der Waals surface area contributed by atoms with E-state index in [-0.39, 0.29) is 24.9 Å². The van der Waals surface area contributed by atoms with E-state index >= 15 is 0 Å². The number of carbonyl (C=O) groups is 2. The van der Waals surface area contributed by atoms with Crippen LogP contribution in [0.1, 0.15) is 18.4 Å². The van der Waals surface area contributed by atoms with Crippen molar-refractivity contribution in [1.82, 2.24) is 8.87 Å². The lowest BCUT2D eigenvalue weighted by Crippen LogP contribution is -2.42. The summed E-state index contributed by atoms with van der Waals surface area (Å²) in [5, 5.41) is 17.5. The molecule has 10 nitrogen and oxygen atoms in total. The molecule has 40 heavy (non-hydrogen) atoms. The van der Waals surface area contributed by atoms with E-state index in [4.69, 9.17) is 11.6 Å². The van der Waals surface area contributed by atoms with Crippen molar-refractivity contribution in [3.05, 3.63) is 87.8 Å². The molecule has 0 spiro atoms. The molecular formula is C28H31ClN4O6S. The van der Waals surface area contributed by atoms with Crippen molar-refractivity contribution in [3.63, 3.8) is 0 Å². The second kappa shape index (κ2) is 11.5. The SMILES string of the molecule is Cc1cc(-n2ccccc2=O)ccc1NC(=O)[C@H]1CC(O)(CN(C)S(C)(=O)=O)C[C@@H]1C(=O)Nc1ccc(Cl)cc1. The van der Waals surface area contributed by atoms with Crippen molar-refractivity contribution in [2.45, 2.75) is 25.4 Å². The number of hydrogen-bond acceptors (Lipinski definition) is 6. The standard InChI is InChI=1S/C28H31ClN4O6S/c1-18-14-21(33-13-5-4-6-25(33)34)11-12-24(18)31-27(36)23-16-28(37,17-32(2)40(3,38)39)15-22(23)26(35)30-20-9-7-19(29)8-10-20/h4-14,22-23,37H,15-17H2,1-3H3,(H,30,35)(H,31,36)/t22-,23-,28?/m0/s1. The third-order valence-corrected chi connectivity index (χ3v) is 8.64. The number of carbonyl (C=O) groups excluding carboxylic acids is 2. The van der Waals surface area contributed by atoms with Crippen LogP contribution in [0, 0.1) is 18.8 Å². The van der Waals surface area contributed by atoms with Gasteiger partial charge < -0.3 is 15.7 Å². The highest BCUT2D eigenvalue weighted by atomic mass is 35.5. The number of nitrogens with one attached hydrogen (secondary N) is 2. The van der Waals surface area contributed by atoms with Gasteiger partial charge in [-0.15, -0.1) is 0 Å². The Morgan fingerprint density at radius 1 is 1.05 bits per heavy atom. The average Bonchev–Trinajstić information content (AvgIpc) is 3.24. The maximum atomic E-state index is 13.6. The molecule has 3 N–H and O–H groups in total. The fourth-order valence-corrected chi connectivity index (χ4v) is 5.57. The molecule has 0 aliphatic heterocycles. The van der Waals surface area contributed by atoms with Gasteiger partial charge in [-0.2, -0.15) is 0 Å². The lowest BCUT2D eigenvalue weighted by Gasteiger charge is -2.27. The molecule has 3 atom stereocenters. The van der Waals surface area contributed by atoms with Crippen molar-refractivity contribution in [1.29, 1.82) is 0 Å². The maximum Gasteiger partial charge on any atom is 0.255 e. The van der Waals surface area contributed by atoms with Crippen molar-refractivity contribution in [2.75, 3.05) is 30.5 Å². The number of aryl methyl sites for hydroxylation is 1. The zero-order valence-corrected chi connectivity index (χ0v) is 23.9. The summed E-state index contributed by atoms with van der Waals surface area (Å²) in [6.07, 6.45) is 2.44. The van der Waals surface area contributed by atoms with Crippen LogP contribution in [0.25, 0.3) is 5.69 Å². The maximum absolute atomic E-state index is 13.6. The minimum absolute atomic E-state index is 0.112. The molecule has 0 saturated heterocycles. The summed E-state index contributed by atoms with van der Waals surface area (Å²) in [5.41, 5.74) is 0.472. The van der Waals surface area contributed by atoms with E-state index in [1.54, 1.807) is 67.7 Å². The summed E-state index contributed by atoms with van der Waals surface area (Å²) in [5.74, 6) is -2.84. The summed E-state index contributed by atoms with van der Waals surface area (Å²) in [6, 6.07) is 16.4. The molecule has 1 heterocycles. The number of nitrogens with zero attached hydrogens (tertiary/aromatic N) is 2. The molecular weight excluding hydrogens is 556 g/mol. The number of aromatic nitrogens is 1. The first-order valence-corrected chi connectivity index (χ1v) is 14.8. The molecule has 3 aromatic rings. The van der Waals surface area contributed by atoms with E-state index in [0.29, 0.717) is 27.6 Å². The van der Waals surface area contributed by atoms with Gasteiger partial charge in [0.15, 0.2) is 0 Å². The van der Waals surface area contributed by atoms with Gasteiger partial charge in [0.1, 0.15) is 0 Å². The van der Waals surface area contributed by atoms with E-state index in [9.17, 15) is 27.9 Å². The molecule has 0 bridgehead atoms. The van der Waals surface area contributed by atoms with Gasteiger partial charge in [0.25, 0.3) is 5.56 Å². The van der Waals surface area contributed by atoms with Crippen LogP contribution >= 0.6 is 11.6 Å². The second-order valence-corrected chi connectivity index (χ2v) is 12.8. The van der Waals surface area contributed by atoms with E-state index in [1.165, 1.54) is 17.7 Å². The van der Waals surface area contributed by atoms with Crippen LogP contribution in [0.5, 0.6) is 0 Å². The molecule has 0 radical (unpaired) electrons. The molecule has 1 saturated carbocycles. The Bertz CT molecular complexity index is 1590. The normalized spacial score (nSPS) is 20.9. The molecule has 1 fully saturated rings. The topological polar surface area (TPSA) is 138 Å². The molecule has 212 valence electrons. The lowest BCUT2D eigenvalue weighted by molar-refractivity contribution is -0.128. The van der Waals surface area contributed by atoms with E-state index < -0.39 is 39.3 Å². The summed E-state index contributed by atoms with van der Waals surface area (Å²) in [4.78, 5) is 39.1. The van der Waals surface area contributed by atoms with Crippen molar-refractivity contribution in [3.8, 4) is 5.69 Å². The summed E-state index contributed by atoms with van der Waals surface area (Å²) in [7, 11) is -2.27. The number of benzene rings is 2. The average molecular weight is 587 g/mol. The first-order valence-electron chi connectivity index (χ1n) is 12.6. The van der Waals surface area contributed by atoms with Crippen LogP contribution in [-0.2, 0) is 19.6 Å². The third-order valence-electron chi connectivity index (χ3n) is 7.12. The monoisotopic (exact) mass is 586 g/mol. The van der Waals surface area contributed by atoms with Crippen molar-refractivity contribution >= 4 is 44.8 Å². The summed E-state index contributed by atoms with van der Waals surface area (Å²) >= 11 is 5.94. The molecule has 12 heteroatoms. The zero-order chi connectivity index (χ0) is 29.2. The number of anilines is 2. The largest absolute Gasteiger partial charge is 0.388 e. The molecule has 4 rings (SSSR count). The number of hydrogen-bond donors (Lipinski definition) is 3. The van der Waals surface area contributed by atoms with Crippen molar-refractivity contribution in [2.24, 2.45) is 11.8 Å². The molecule has 2 amide bonds. The number of pyridine rings is 1. The minimum atomic E-state index is -3.61. The minimum Gasteiger partial charge on any atom is -0.388 e. The van der Waals surface area contributed by atoms with Gasteiger partial charge in [0.05, 0.1) is 23.7 Å². The van der Waals surface area contributed by atoms with Gasteiger partial charge in [0, 0.05) is 47.9 Å². The molecule has 1 unspecified atom stereocenters. The van der Waals surface area contributed by atoms with Gasteiger partial charge in [-0.3, -0.25) is 19.0 Å². The predicted octanol–water partition coefficient (Wildman–Crippen LogP) is 3.03. The van der Waals surface area contributed by atoms with Crippen LogP contribution < -0.4 is 16.2 Å². The fourth-order valence-electron chi connectivity index (χ4n) is 4.97. The van der Waals surface area contributed by atoms with Crippen LogP contribution in [0.4, 0.5) is 11.4 Å². The predicted molar refractivity (Wildman–Crippen MR) is 154 cm³/mol. The first-order chi connectivity index (χ1) is 18.8. The first kappa shape index (κ1) is 29.5. The molecule has 1 aliphatic carbocycles. The molecule has 1 aromatic heterocycles. The molecule has 2 aromatic carbocycles. The van der Waals surface area contributed by atoms with Crippen molar-refractivity contribution < 1.29 is 23.1 Å². The van der Waals surface area contributed by atoms with E-state index in [2.05, 4.69) is 10.6 Å². The third kappa shape index (κ3) is 6.79. The highest BCUT2D eigenvalue weighted by Crippen LogP contribution is 2.41. The van der Waals surface area contributed by atoms with Gasteiger partial charge in [-0.05, 0) is 73.9 Å². The Morgan fingerprint density at radius 2 is 1.68 bits per heavy atom. The van der Waals surface area contributed by atoms with E-state index in [1.807, 2.05) is 0 Å². The number of likely N-dealkylation sites (N-methyl/N-ethyl adjacent to an activating group) is 1. The van der Waals surface area contributed by atoms with Crippen LogP contribution in [0.3, 0.4) is 0 Å². The van der Waals surface area contributed by atoms with Crippen LogP contribution in [-0.4, -0.2) is 59.7 Å².